The van der Waals surface area contributed by atoms with Gasteiger partial charge in [0.1, 0.15) is 0 Å². The molecule has 1 aromatic carbocycles. The van der Waals surface area contributed by atoms with Gasteiger partial charge in [-0.25, -0.2) is 0 Å². The summed E-state index contributed by atoms with van der Waals surface area (Å²) in [6.45, 7) is 15.7. The summed E-state index contributed by atoms with van der Waals surface area (Å²) in [5.41, 5.74) is 1.37. The second kappa shape index (κ2) is 34.1. The molecule has 5 heteroatoms. The van der Waals surface area contributed by atoms with Gasteiger partial charge in [0.25, 0.3) is 0 Å². The Balaban J connectivity index is -0.000000199. The van der Waals surface area contributed by atoms with Gasteiger partial charge < -0.3 is 19.8 Å². The van der Waals surface area contributed by atoms with Crippen LogP contribution in [0.3, 0.4) is 0 Å². The Hall–Kier alpha value is -1.04. The van der Waals surface area contributed by atoms with Crippen LogP contribution in [-0.4, -0.2) is 35.8 Å². The number of carbonyl (C=O) groups excluding carboxylic acids is 2. The van der Waals surface area contributed by atoms with Crippen molar-refractivity contribution in [1.82, 2.24) is 0 Å². The van der Waals surface area contributed by atoms with E-state index in [9.17, 15) is 19.8 Å². The Morgan fingerprint density at radius 2 is 1.06 bits per heavy atom. The van der Waals surface area contributed by atoms with Crippen molar-refractivity contribution in [3.63, 3.8) is 0 Å². The molecule has 0 aliphatic carbocycles. The van der Waals surface area contributed by atoms with E-state index in [1.807, 2.05) is 6.92 Å². The molecule has 0 heterocycles. The minimum Gasteiger partial charge on any atom is -0.550 e. The molecule has 4 radical (unpaired) electrons. The maximum absolute atomic E-state index is 10.3. The fraction of sp³-hybridized carbons (Fsp3) is 0.655. The minimum atomic E-state index is -1.12. The van der Waals surface area contributed by atoms with E-state index in [4.69, 9.17) is 0 Å². The van der Waals surface area contributed by atoms with Gasteiger partial charge in [-0.05, 0) is 30.4 Å². The van der Waals surface area contributed by atoms with Crippen LogP contribution in [0, 0.1) is 13.8 Å². The molecule has 194 valence electrons. The summed E-state index contributed by atoms with van der Waals surface area (Å²) in [5.74, 6) is -2.03. The van der Waals surface area contributed by atoms with E-state index >= 15 is 0 Å². The Labute approximate surface area is 228 Å². The van der Waals surface area contributed by atoms with Gasteiger partial charge >= 0.3 is 23.9 Å². The van der Waals surface area contributed by atoms with Gasteiger partial charge in [0.05, 0.1) is 5.97 Å². The second-order valence-corrected chi connectivity index (χ2v) is 8.00. The summed E-state index contributed by atoms with van der Waals surface area (Å²) in [5, 5.41) is 20.4. The number of rotatable bonds is 14. The van der Waals surface area contributed by atoms with Crippen molar-refractivity contribution in [2.75, 3.05) is 0 Å². The number of hydrogen-bond acceptors (Lipinski definition) is 4. The molecule has 1 aromatic rings. The Morgan fingerprint density at radius 3 is 1.35 bits per heavy atom. The normalized spacial score (nSPS) is 9.12. The summed E-state index contributed by atoms with van der Waals surface area (Å²) < 4.78 is 0. The molecular weight excluding hydrogens is 531 g/mol. The van der Waals surface area contributed by atoms with Gasteiger partial charge in [0, 0.05) is 5.97 Å². The average Bonchev–Trinajstić information content (AvgIpc) is 2.83. The predicted octanol–water partition coefficient (Wildman–Crippen LogP) is 6.13. The van der Waals surface area contributed by atoms with Crippen molar-refractivity contribution in [2.24, 2.45) is 0 Å². The van der Waals surface area contributed by atoms with E-state index in [1.165, 1.54) is 57.8 Å². The maximum atomic E-state index is 10.3. The molecule has 0 aliphatic heterocycles. The molecule has 0 amide bonds. The molecule has 34 heavy (non-hydrogen) atoms. The van der Waals surface area contributed by atoms with Gasteiger partial charge in [-0.15, -0.1) is 0 Å². The van der Waals surface area contributed by atoms with Crippen LogP contribution < -0.4 is 10.2 Å². The molecule has 0 spiro atoms. The summed E-state index contributed by atoms with van der Waals surface area (Å²) in [4.78, 5) is 20.4. The van der Waals surface area contributed by atoms with E-state index in [0.29, 0.717) is 0 Å². The summed E-state index contributed by atoms with van der Waals surface area (Å²) in [6.07, 6.45) is 16.6. The number of carboxylic acids is 2. The van der Waals surface area contributed by atoms with Crippen LogP contribution in [0.1, 0.15) is 134 Å². The van der Waals surface area contributed by atoms with Gasteiger partial charge in [0.2, 0.25) is 0 Å². The van der Waals surface area contributed by atoms with Crippen LogP contribution in [0.4, 0.5) is 0 Å². The van der Waals surface area contributed by atoms with Crippen molar-refractivity contribution < 1.29 is 19.8 Å². The molecule has 0 bridgehead atoms. The van der Waals surface area contributed by atoms with Crippen molar-refractivity contribution in [1.29, 1.82) is 0 Å². The first kappa shape index (κ1) is 40.1. The second-order valence-electron chi connectivity index (χ2n) is 8.00. The molecule has 0 unspecified atom stereocenters. The van der Waals surface area contributed by atoms with Gasteiger partial charge in [-0.1, -0.05) is 143 Å². The number of unbranched alkanes of at least 4 members (excludes halogenated alkanes) is 10. The van der Waals surface area contributed by atoms with Gasteiger partial charge in [-0.2, -0.15) is 0 Å². The standard InChI is InChI=1S/C12H24O2.C9H10O2.2C4H9.Sn/c1-2-3-4-5-6-7-8-9-10-11-12(13)14;1-2-7-3-5-8(6-4-7)9(10)11;2*1-3-4-2;/h2-11H2,1H3,(H,13,14);3-6H,2H2,1H3,(H,10,11);2*1,3-4H2,2H3;/q;;;;+2/p-2. The molecular formula is C29H50O4Sn. The zero-order chi connectivity index (χ0) is 25.7. The molecule has 0 fully saturated rings. The third-order valence-corrected chi connectivity index (χ3v) is 4.79. The zero-order valence-corrected chi connectivity index (χ0v) is 25.3. The SMILES string of the molecule is CCCCCCCCCCCC(=O)[O-].CCc1ccc(C(=O)[O-])cc1.[CH2]CCC.[CH2]CCC.[Sn+2]. The summed E-state index contributed by atoms with van der Waals surface area (Å²) >= 11 is 0. The largest absolute Gasteiger partial charge is 2.00 e. The summed E-state index contributed by atoms with van der Waals surface area (Å²) in [6, 6.07) is 6.72. The third-order valence-electron chi connectivity index (χ3n) is 4.79. The van der Waals surface area contributed by atoms with E-state index in [1.54, 1.807) is 24.3 Å². The van der Waals surface area contributed by atoms with Crippen molar-refractivity contribution in [3.8, 4) is 0 Å². The van der Waals surface area contributed by atoms with Crippen LogP contribution in [0.5, 0.6) is 0 Å². The number of benzene rings is 1. The number of hydrogen-bond donors (Lipinski definition) is 0. The van der Waals surface area contributed by atoms with E-state index in [2.05, 4.69) is 34.6 Å². The van der Waals surface area contributed by atoms with E-state index < -0.39 is 11.9 Å². The number of carbonyl (C=O) groups is 2. The molecule has 4 nitrogen and oxygen atoms in total. The van der Waals surface area contributed by atoms with Crippen LogP contribution in [0.2, 0.25) is 0 Å². The number of aliphatic carboxylic acids is 1. The maximum Gasteiger partial charge on any atom is 2.00 e. The van der Waals surface area contributed by atoms with Crippen LogP contribution in [0.15, 0.2) is 24.3 Å². The van der Waals surface area contributed by atoms with Gasteiger partial charge in [0.15, 0.2) is 0 Å². The van der Waals surface area contributed by atoms with Crippen molar-refractivity contribution in [2.45, 2.75) is 124 Å². The monoisotopic (exact) mass is 582 g/mol. The van der Waals surface area contributed by atoms with Gasteiger partial charge in [-0.3, -0.25) is 0 Å². The quantitative estimate of drug-likeness (QED) is 0.196. The first-order valence-electron chi connectivity index (χ1n) is 12.9. The molecule has 0 saturated carbocycles. The topological polar surface area (TPSA) is 80.3 Å². The first-order valence-corrected chi connectivity index (χ1v) is 12.9. The number of carboxylic acid groups (broad SMARTS) is 2. The smallest absolute Gasteiger partial charge is 0.550 e. The van der Waals surface area contributed by atoms with Crippen LogP contribution >= 0.6 is 0 Å². The first-order chi connectivity index (χ1) is 15.8. The fourth-order valence-electron chi connectivity index (χ4n) is 2.46. The van der Waals surface area contributed by atoms with Crippen LogP contribution in [0.25, 0.3) is 0 Å². The Morgan fingerprint density at radius 1 is 0.676 bits per heavy atom. The Bertz CT molecular complexity index is 521. The van der Waals surface area contributed by atoms with Crippen molar-refractivity contribution >= 4 is 35.8 Å². The van der Waals surface area contributed by atoms with E-state index in [0.717, 1.165) is 37.7 Å². The van der Waals surface area contributed by atoms with Crippen molar-refractivity contribution in [3.05, 3.63) is 49.2 Å². The summed E-state index contributed by atoms with van der Waals surface area (Å²) in [7, 11) is 0. The average molecular weight is 581 g/mol. The third kappa shape index (κ3) is 35.5. The number of aryl methyl sites for hydroxylation is 1. The fourth-order valence-corrected chi connectivity index (χ4v) is 2.46. The molecule has 0 aliphatic rings. The molecule has 0 aromatic heterocycles. The molecule has 0 atom stereocenters. The predicted molar refractivity (Wildman–Crippen MR) is 143 cm³/mol. The van der Waals surface area contributed by atoms with E-state index in [-0.39, 0.29) is 35.9 Å². The molecule has 0 N–H and O–H groups in total. The minimum absolute atomic E-state index is 0. The van der Waals surface area contributed by atoms with Crippen LogP contribution in [-0.2, 0) is 11.2 Å². The number of aromatic carboxylic acids is 1. The molecule has 0 saturated heterocycles. The Kier molecular flexibility index (Phi) is 40.3. The zero-order valence-electron chi connectivity index (χ0n) is 22.5. The molecule has 1 rings (SSSR count).